The third kappa shape index (κ3) is 3.03. The Labute approximate surface area is 136 Å². The van der Waals surface area contributed by atoms with E-state index < -0.39 is 0 Å². The van der Waals surface area contributed by atoms with Gasteiger partial charge in [0.25, 0.3) is 0 Å². The third-order valence-corrected chi connectivity index (χ3v) is 4.48. The molecular weight excluding hydrogens is 350 g/mol. The van der Waals surface area contributed by atoms with Crippen molar-refractivity contribution in [2.24, 2.45) is 10.1 Å². The molecule has 0 unspecified atom stereocenters. The van der Waals surface area contributed by atoms with Crippen LogP contribution in [-0.4, -0.2) is 47.5 Å². The lowest BCUT2D eigenvalue weighted by molar-refractivity contribution is 0.438. The zero-order valence-electron chi connectivity index (χ0n) is 11.7. The average molecular weight is 364 g/mol. The molecule has 0 aromatic carbocycles. The average Bonchev–Trinajstić information content (AvgIpc) is 2.85. The lowest BCUT2D eigenvalue weighted by Crippen LogP contribution is -2.23. The minimum atomic E-state index is 0.781. The van der Waals surface area contributed by atoms with E-state index in [2.05, 4.69) is 42.1 Å². The number of aromatic nitrogens is 1. The first-order valence-corrected chi connectivity index (χ1v) is 8.01. The Kier molecular flexibility index (Phi) is 4.12. The van der Waals surface area contributed by atoms with E-state index in [1.54, 1.807) is 23.0 Å². The van der Waals surface area contributed by atoms with Crippen LogP contribution in [0.4, 0.5) is 0 Å². The van der Waals surface area contributed by atoms with Crippen molar-refractivity contribution < 1.29 is 0 Å². The summed E-state index contributed by atoms with van der Waals surface area (Å²) in [5, 5.41) is 7.49. The lowest BCUT2D eigenvalue weighted by atomic mass is 10.1. The minimum absolute atomic E-state index is 0.781. The van der Waals surface area contributed by atoms with E-state index in [-0.39, 0.29) is 0 Å². The number of nitrogens with zero attached hydrogens (tertiary/aromatic N) is 5. The number of fused-ring (bicyclic) bond motifs is 1. The highest BCUT2D eigenvalue weighted by Gasteiger charge is 2.27. The van der Waals surface area contributed by atoms with E-state index in [9.17, 15) is 0 Å². The number of pyridine rings is 1. The summed E-state index contributed by atoms with van der Waals surface area (Å²) in [5.41, 5.74) is 2.65. The molecule has 0 aliphatic carbocycles. The molecule has 3 heterocycles. The van der Waals surface area contributed by atoms with Crippen molar-refractivity contribution in [2.45, 2.75) is 0 Å². The summed E-state index contributed by atoms with van der Waals surface area (Å²) in [4.78, 5) is 10.9. The Hall–Kier alpha value is -1.60. The van der Waals surface area contributed by atoms with Crippen LogP contribution in [0, 0.1) is 0 Å². The van der Waals surface area contributed by atoms with E-state index >= 15 is 0 Å². The van der Waals surface area contributed by atoms with E-state index in [4.69, 9.17) is 0 Å². The summed E-state index contributed by atoms with van der Waals surface area (Å²) in [7, 11) is 3.81. The fourth-order valence-corrected chi connectivity index (χ4v) is 3.62. The molecule has 108 valence electrons. The Balaban J connectivity index is 2.10. The molecule has 5 nitrogen and oxygen atoms in total. The van der Waals surface area contributed by atoms with Gasteiger partial charge in [0.05, 0.1) is 10.4 Å². The fraction of sp³-hybridized carbons (Fsp3) is 0.214. The first kappa shape index (κ1) is 14.3. The molecule has 0 bridgehead atoms. The first-order chi connectivity index (χ1) is 10.1. The van der Waals surface area contributed by atoms with Crippen molar-refractivity contribution in [1.82, 2.24) is 14.9 Å². The fourth-order valence-electron chi connectivity index (χ4n) is 2.06. The van der Waals surface area contributed by atoms with Crippen LogP contribution in [0.15, 0.2) is 55.4 Å². The highest BCUT2D eigenvalue weighted by molar-refractivity contribution is 9.14. The van der Waals surface area contributed by atoms with Crippen LogP contribution >= 0.6 is 27.7 Å². The summed E-state index contributed by atoms with van der Waals surface area (Å²) >= 11 is 5.20. The molecule has 2 aliphatic heterocycles. The topological polar surface area (TPSA) is 44.1 Å². The standard InChI is InChI=1S/C14H14BrN5S/c1-19(2)18-12(10-4-3-5-16-8-10)13-14-20(7-6-17-13)9-11(15)21-14/h3-6,8-9H,7H2,1-2H3/b18-12+. The lowest BCUT2D eigenvalue weighted by Gasteiger charge is -2.22. The first-order valence-electron chi connectivity index (χ1n) is 6.40. The SMILES string of the molecule is CN(C)/N=C(/C1=C2SC(Br)=CN2CC=N1)c1cccnc1. The van der Waals surface area contributed by atoms with E-state index in [0.717, 1.165) is 32.4 Å². The van der Waals surface area contributed by atoms with Gasteiger partial charge in [0.1, 0.15) is 16.4 Å². The maximum Gasteiger partial charge on any atom is 0.121 e. The normalized spacial score (nSPS) is 18.0. The number of allylic oxidation sites excluding steroid dienone is 1. The zero-order valence-corrected chi connectivity index (χ0v) is 14.1. The molecule has 1 aromatic heterocycles. The highest BCUT2D eigenvalue weighted by Crippen LogP contribution is 2.42. The van der Waals surface area contributed by atoms with Gasteiger partial charge in [-0.05, 0) is 28.1 Å². The van der Waals surface area contributed by atoms with Crippen LogP contribution in [0.25, 0.3) is 0 Å². The number of rotatable bonds is 3. The molecule has 0 fully saturated rings. The van der Waals surface area contributed by atoms with Gasteiger partial charge in [-0.25, -0.2) is 0 Å². The maximum absolute atomic E-state index is 4.62. The molecular formula is C14H14BrN5S. The summed E-state index contributed by atoms with van der Waals surface area (Å²) in [5.74, 6) is 0. The Morgan fingerprint density at radius 2 is 2.33 bits per heavy atom. The van der Waals surface area contributed by atoms with Crippen molar-refractivity contribution in [3.63, 3.8) is 0 Å². The Bertz CT molecular complexity index is 663. The van der Waals surface area contributed by atoms with Crippen molar-refractivity contribution in [3.8, 4) is 0 Å². The highest BCUT2D eigenvalue weighted by atomic mass is 79.9. The molecule has 0 N–H and O–H groups in total. The molecule has 0 saturated heterocycles. The molecule has 2 aliphatic rings. The van der Waals surface area contributed by atoms with Gasteiger partial charge in [-0.3, -0.25) is 9.98 Å². The smallest absolute Gasteiger partial charge is 0.121 e. The second-order valence-corrected chi connectivity index (χ2v) is 7.10. The Morgan fingerprint density at radius 1 is 1.48 bits per heavy atom. The van der Waals surface area contributed by atoms with Crippen molar-refractivity contribution in [1.29, 1.82) is 0 Å². The van der Waals surface area contributed by atoms with E-state index in [1.807, 2.05) is 38.6 Å². The summed E-state index contributed by atoms with van der Waals surface area (Å²) < 4.78 is 1.08. The predicted octanol–water partition coefficient (Wildman–Crippen LogP) is 2.84. The van der Waals surface area contributed by atoms with Crippen LogP contribution in [0.1, 0.15) is 5.56 Å². The summed E-state index contributed by atoms with van der Waals surface area (Å²) in [6.45, 7) is 0.781. The van der Waals surface area contributed by atoms with Crippen LogP contribution in [0.2, 0.25) is 0 Å². The number of aliphatic imine (C=N–C) groups is 1. The molecule has 0 amide bonds. The molecule has 3 rings (SSSR count). The molecule has 0 spiro atoms. The third-order valence-electron chi connectivity index (χ3n) is 2.87. The van der Waals surface area contributed by atoms with Crippen LogP contribution in [0.5, 0.6) is 0 Å². The number of hydrogen-bond acceptors (Lipinski definition) is 6. The summed E-state index contributed by atoms with van der Waals surface area (Å²) in [6, 6.07) is 3.91. The molecule has 0 atom stereocenters. The van der Waals surface area contributed by atoms with E-state index in [1.165, 1.54) is 0 Å². The van der Waals surface area contributed by atoms with Crippen molar-refractivity contribution >= 4 is 39.6 Å². The van der Waals surface area contributed by atoms with Crippen LogP contribution in [0.3, 0.4) is 0 Å². The summed E-state index contributed by atoms with van der Waals surface area (Å²) in [6.07, 6.45) is 7.55. The van der Waals surface area contributed by atoms with Crippen LogP contribution in [-0.2, 0) is 0 Å². The maximum atomic E-state index is 4.62. The van der Waals surface area contributed by atoms with Gasteiger partial charge in [0.2, 0.25) is 0 Å². The second kappa shape index (κ2) is 6.03. The van der Waals surface area contributed by atoms with Crippen LogP contribution < -0.4 is 0 Å². The van der Waals surface area contributed by atoms with Gasteiger partial charge in [-0.15, -0.1) is 0 Å². The minimum Gasteiger partial charge on any atom is -0.334 e. The van der Waals surface area contributed by atoms with Gasteiger partial charge in [0.15, 0.2) is 0 Å². The number of thioether (sulfide) groups is 1. The predicted molar refractivity (Wildman–Crippen MR) is 91.3 cm³/mol. The second-order valence-electron chi connectivity index (χ2n) is 4.69. The van der Waals surface area contributed by atoms with Gasteiger partial charge in [-0.1, -0.05) is 11.8 Å². The molecule has 0 saturated carbocycles. The van der Waals surface area contributed by atoms with Gasteiger partial charge >= 0.3 is 0 Å². The van der Waals surface area contributed by atoms with E-state index in [0.29, 0.717) is 0 Å². The zero-order chi connectivity index (χ0) is 14.8. The molecule has 7 heteroatoms. The molecule has 21 heavy (non-hydrogen) atoms. The molecule has 0 radical (unpaired) electrons. The van der Waals surface area contributed by atoms with Gasteiger partial charge in [-0.2, -0.15) is 5.10 Å². The largest absolute Gasteiger partial charge is 0.334 e. The number of hydrogen-bond donors (Lipinski definition) is 0. The van der Waals surface area contributed by atoms with Gasteiger partial charge in [0, 0.05) is 44.5 Å². The van der Waals surface area contributed by atoms with Gasteiger partial charge < -0.3 is 9.91 Å². The monoisotopic (exact) mass is 363 g/mol. The number of halogens is 1. The molecule has 1 aromatic rings. The Morgan fingerprint density at radius 3 is 3.05 bits per heavy atom. The van der Waals surface area contributed by atoms with Crippen molar-refractivity contribution in [3.05, 3.63) is 50.8 Å². The van der Waals surface area contributed by atoms with Crippen molar-refractivity contribution in [2.75, 3.05) is 20.6 Å². The number of hydrazone groups is 1. The quantitative estimate of drug-likeness (QED) is 0.611.